The summed E-state index contributed by atoms with van der Waals surface area (Å²) < 4.78 is 0. The molecule has 0 saturated carbocycles. The first-order valence-corrected chi connectivity index (χ1v) is 9.57. The van der Waals surface area contributed by atoms with Gasteiger partial charge in [-0.05, 0) is 66.8 Å². The number of piperidine rings is 1. The lowest BCUT2D eigenvalue weighted by Gasteiger charge is -2.36. The minimum absolute atomic E-state index is 0.608. The molecule has 5 rings (SSSR count). The van der Waals surface area contributed by atoms with Crippen LogP contribution in [0.5, 0.6) is 0 Å². The van der Waals surface area contributed by atoms with Gasteiger partial charge in [0.05, 0.1) is 0 Å². The highest BCUT2D eigenvalue weighted by Gasteiger charge is 2.42. The van der Waals surface area contributed by atoms with Crippen molar-refractivity contribution in [1.82, 2.24) is 5.32 Å². The average molecular weight is 359 g/mol. The number of anilines is 1. The molecule has 0 spiro atoms. The van der Waals surface area contributed by atoms with E-state index in [0.717, 1.165) is 23.7 Å². The van der Waals surface area contributed by atoms with Crippen LogP contribution < -0.4 is 10.2 Å². The van der Waals surface area contributed by atoms with Gasteiger partial charge in [0, 0.05) is 46.3 Å². The summed E-state index contributed by atoms with van der Waals surface area (Å²) in [6, 6.07) is 11.2. The van der Waals surface area contributed by atoms with E-state index in [2.05, 4.69) is 22.3 Å². The van der Waals surface area contributed by atoms with Crippen LogP contribution in [0.4, 0.5) is 5.69 Å². The van der Waals surface area contributed by atoms with E-state index < -0.39 is 0 Å². The number of rotatable bonds is 1. The van der Waals surface area contributed by atoms with E-state index in [9.17, 15) is 0 Å². The molecule has 0 radical (unpaired) electrons. The minimum atomic E-state index is 0.608. The Morgan fingerprint density at radius 2 is 2.04 bits per heavy atom. The smallest absolute Gasteiger partial charge is 0.0499 e. The Hall–Kier alpha value is -1.22. The van der Waals surface area contributed by atoms with Gasteiger partial charge in [-0.25, -0.2) is 0 Å². The summed E-state index contributed by atoms with van der Waals surface area (Å²) in [5.41, 5.74) is 6.86. The molecule has 2 atom stereocenters. The largest absolute Gasteiger partial charge is 0.367 e. The molecule has 0 aromatic heterocycles. The van der Waals surface area contributed by atoms with Crippen LogP contribution in [0, 0.1) is 0 Å². The van der Waals surface area contributed by atoms with Crippen LogP contribution in [0.3, 0.4) is 0 Å². The zero-order valence-corrected chi connectivity index (χ0v) is 15.0. The number of halogens is 2. The van der Waals surface area contributed by atoms with Crippen molar-refractivity contribution in [3.05, 3.63) is 51.5 Å². The Bertz CT molecular complexity index is 818. The topological polar surface area (TPSA) is 15.3 Å². The Balaban J connectivity index is 1.68. The van der Waals surface area contributed by atoms with Crippen LogP contribution in [-0.2, 0) is 6.42 Å². The molecule has 0 amide bonds. The maximum Gasteiger partial charge on any atom is 0.0499 e. The summed E-state index contributed by atoms with van der Waals surface area (Å²) in [7, 11) is 0. The van der Waals surface area contributed by atoms with Gasteiger partial charge in [0.2, 0.25) is 0 Å². The van der Waals surface area contributed by atoms with Gasteiger partial charge in [-0.1, -0.05) is 29.3 Å². The average Bonchev–Trinajstić information content (AvgIpc) is 2.91. The van der Waals surface area contributed by atoms with Gasteiger partial charge in [0.1, 0.15) is 0 Å². The first kappa shape index (κ1) is 15.1. The monoisotopic (exact) mass is 358 g/mol. The maximum absolute atomic E-state index is 6.48. The van der Waals surface area contributed by atoms with Gasteiger partial charge in [0.15, 0.2) is 0 Å². The molecule has 3 heterocycles. The lowest BCUT2D eigenvalue weighted by molar-refractivity contribution is 0.400. The van der Waals surface area contributed by atoms with E-state index in [4.69, 9.17) is 23.2 Å². The van der Waals surface area contributed by atoms with Crippen LogP contribution in [0.1, 0.15) is 29.9 Å². The number of benzene rings is 2. The van der Waals surface area contributed by atoms with Crippen molar-refractivity contribution in [2.45, 2.75) is 31.2 Å². The van der Waals surface area contributed by atoms with Crippen LogP contribution in [0.15, 0.2) is 30.3 Å². The van der Waals surface area contributed by atoms with E-state index >= 15 is 0 Å². The van der Waals surface area contributed by atoms with E-state index in [1.165, 1.54) is 48.2 Å². The van der Waals surface area contributed by atoms with Crippen molar-refractivity contribution < 1.29 is 0 Å². The summed E-state index contributed by atoms with van der Waals surface area (Å²) >= 11 is 12.6. The van der Waals surface area contributed by atoms with Crippen LogP contribution in [-0.4, -0.2) is 25.7 Å². The molecule has 124 valence electrons. The molecule has 3 aliphatic rings. The fourth-order valence-corrected chi connectivity index (χ4v) is 5.36. The number of nitrogens with zero attached hydrogens (tertiary/aromatic N) is 1. The highest BCUT2D eigenvalue weighted by atomic mass is 35.5. The zero-order chi connectivity index (χ0) is 16.3. The zero-order valence-electron chi connectivity index (χ0n) is 13.5. The van der Waals surface area contributed by atoms with Crippen LogP contribution in [0.2, 0.25) is 10.0 Å². The van der Waals surface area contributed by atoms with Crippen molar-refractivity contribution >= 4 is 28.9 Å². The first-order valence-electron chi connectivity index (χ1n) is 8.82. The summed E-state index contributed by atoms with van der Waals surface area (Å²) in [6.07, 6.45) is 3.67. The third-order valence-corrected chi connectivity index (χ3v) is 6.39. The number of fused-ring (bicyclic) bond motifs is 3. The van der Waals surface area contributed by atoms with Gasteiger partial charge in [-0.15, -0.1) is 0 Å². The van der Waals surface area contributed by atoms with Crippen molar-refractivity contribution in [1.29, 1.82) is 0 Å². The molecular formula is C20H20Cl2N2. The lowest BCUT2D eigenvalue weighted by atomic mass is 9.87. The molecule has 1 fully saturated rings. The summed E-state index contributed by atoms with van der Waals surface area (Å²) in [4.78, 5) is 2.69. The second-order valence-electron chi connectivity index (χ2n) is 7.16. The molecule has 3 aliphatic heterocycles. The Labute approximate surface area is 152 Å². The normalized spacial score (nSPS) is 24.7. The minimum Gasteiger partial charge on any atom is -0.367 e. The number of hydrogen-bond donors (Lipinski definition) is 1. The quantitative estimate of drug-likeness (QED) is 0.781. The number of aryl methyl sites for hydroxylation is 1. The Morgan fingerprint density at radius 3 is 2.92 bits per heavy atom. The molecular weight excluding hydrogens is 339 g/mol. The Morgan fingerprint density at radius 1 is 1.12 bits per heavy atom. The Kier molecular flexibility index (Phi) is 3.55. The van der Waals surface area contributed by atoms with E-state index in [-0.39, 0.29) is 0 Å². The third kappa shape index (κ3) is 2.20. The molecule has 0 unspecified atom stereocenters. The summed E-state index contributed by atoms with van der Waals surface area (Å²) in [5.74, 6) is 0.608. The highest BCUT2D eigenvalue weighted by molar-refractivity contribution is 6.36. The standard InChI is InChI=1S/C20H20Cl2N2/c21-14-3-4-15(18(22)10-14)13-8-12-2-1-7-24-19-5-6-23-11-17(19)16(9-13)20(12)24/h3-4,8-10,17,19,23H,1-2,5-7,11H2/t17-,19-/m1/s1. The third-order valence-electron chi connectivity index (χ3n) is 5.84. The van der Waals surface area contributed by atoms with Crippen LogP contribution in [0.25, 0.3) is 11.1 Å². The van der Waals surface area contributed by atoms with Gasteiger partial charge in [-0.2, -0.15) is 0 Å². The van der Waals surface area contributed by atoms with Crippen molar-refractivity contribution in [3.8, 4) is 11.1 Å². The second-order valence-corrected chi connectivity index (χ2v) is 8.00. The highest BCUT2D eigenvalue weighted by Crippen LogP contribution is 2.49. The number of hydrogen-bond acceptors (Lipinski definition) is 2. The SMILES string of the molecule is Clc1ccc(-c2cc3c4c(c2)[C@H]2CNCC[C@H]2N4CCC3)c(Cl)c1. The van der Waals surface area contributed by atoms with Crippen LogP contribution >= 0.6 is 23.2 Å². The van der Waals surface area contributed by atoms with E-state index in [1.807, 2.05) is 18.2 Å². The molecule has 1 saturated heterocycles. The molecule has 1 N–H and O–H groups in total. The summed E-state index contributed by atoms with van der Waals surface area (Å²) in [6.45, 7) is 3.44. The maximum atomic E-state index is 6.48. The predicted octanol–water partition coefficient (Wildman–Crippen LogP) is 4.87. The molecule has 2 nitrogen and oxygen atoms in total. The first-order chi connectivity index (χ1) is 11.7. The fourth-order valence-electron chi connectivity index (χ4n) is 4.84. The predicted molar refractivity (Wildman–Crippen MR) is 102 cm³/mol. The molecule has 4 heteroatoms. The molecule has 24 heavy (non-hydrogen) atoms. The van der Waals surface area contributed by atoms with Gasteiger partial charge in [0.25, 0.3) is 0 Å². The summed E-state index contributed by atoms with van der Waals surface area (Å²) in [5, 5.41) is 5.01. The molecule has 0 bridgehead atoms. The lowest BCUT2D eigenvalue weighted by Crippen LogP contribution is -2.45. The fraction of sp³-hybridized carbons (Fsp3) is 0.400. The van der Waals surface area contributed by atoms with Crippen molar-refractivity contribution in [2.24, 2.45) is 0 Å². The number of nitrogens with one attached hydrogen (secondary N) is 1. The molecule has 0 aliphatic carbocycles. The van der Waals surface area contributed by atoms with Gasteiger partial charge >= 0.3 is 0 Å². The van der Waals surface area contributed by atoms with Gasteiger partial charge < -0.3 is 10.2 Å². The molecule has 2 aromatic carbocycles. The second kappa shape index (κ2) is 5.66. The van der Waals surface area contributed by atoms with E-state index in [0.29, 0.717) is 17.0 Å². The van der Waals surface area contributed by atoms with Crippen molar-refractivity contribution in [3.63, 3.8) is 0 Å². The van der Waals surface area contributed by atoms with Crippen molar-refractivity contribution in [2.75, 3.05) is 24.5 Å². The molecule has 2 aromatic rings. The van der Waals surface area contributed by atoms with Gasteiger partial charge in [-0.3, -0.25) is 0 Å². The van der Waals surface area contributed by atoms with E-state index in [1.54, 1.807) is 0 Å².